The third kappa shape index (κ3) is 6.89. The molecule has 0 bridgehead atoms. The predicted molar refractivity (Wildman–Crippen MR) is 60.3 cm³/mol. The molecular formula is C11H24N2O. The topological polar surface area (TPSA) is 32.3 Å². The van der Waals surface area contributed by atoms with Crippen LogP contribution in [0.3, 0.4) is 0 Å². The Balaban J connectivity index is 3.81. The van der Waals surface area contributed by atoms with Gasteiger partial charge in [-0.15, -0.1) is 0 Å². The maximum atomic E-state index is 10.8. The van der Waals surface area contributed by atoms with Crippen LogP contribution < -0.4 is 5.32 Å². The predicted octanol–water partition coefficient (Wildman–Crippen LogP) is 1.63. The van der Waals surface area contributed by atoms with Gasteiger partial charge in [-0.3, -0.25) is 4.79 Å². The van der Waals surface area contributed by atoms with Gasteiger partial charge in [-0.2, -0.15) is 0 Å². The summed E-state index contributed by atoms with van der Waals surface area (Å²) >= 11 is 0. The molecule has 0 aromatic carbocycles. The van der Waals surface area contributed by atoms with Gasteiger partial charge in [0.25, 0.3) is 0 Å². The molecule has 1 atom stereocenters. The molecule has 0 aliphatic heterocycles. The van der Waals surface area contributed by atoms with Crippen molar-refractivity contribution in [3.63, 3.8) is 0 Å². The van der Waals surface area contributed by atoms with Crippen LogP contribution in [-0.2, 0) is 4.79 Å². The van der Waals surface area contributed by atoms with Crippen LogP contribution in [0.5, 0.6) is 0 Å². The van der Waals surface area contributed by atoms with Crippen molar-refractivity contribution in [3.8, 4) is 0 Å². The fraction of sp³-hybridized carbons (Fsp3) is 0.909. The highest BCUT2D eigenvalue weighted by Crippen LogP contribution is 1.96. The molecule has 0 aliphatic carbocycles. The van der Waals surface area contributed by atoms with Crippen molar-refractivity contribution in [1.29, 1.82) is 0 Å². The molecule has 3 heteroatoms. The normalized spacial score (nSPS) is 12.9. The first-order valence-corrected chi connectivity index (χ1v) is 5.59. The Morgan fingerprint density at radius 2 is 1.79 bits per heavy atom. The van der Waals surface area contributed by atoms with Gasteiger partial charge >= 0.3 is 0 Å². The maximum absolute atomic E-state index is 10.8. The molecule has 0 fully saturated rings. The first-order chi connectivity index (χ1) is 6.60. The van der Waals surface area contributed by atoms with E-state index in [1.807, 2.05) is 0 Å². The number of hydrogen-bond acceptors (Lipinski definition) is 2. The zero-order valence-electron chi connectivity index (χ0n) is 9.97. The summed E-state index contributed by atoms with van der Waals surface area (Å²) in [6, 6.07) is 0.255. The monoisotopic (exact) mass is 200 g/mol. The number of hydrogen-bond donors (Lipinski definition) is 1. The molecular weight excluding hydrogens is 176 g/mol. The Labute approximate surface area is 87.9 Å². The first kappa shape index (κ1) is 13.4. The second-order valence-electron chi connectivity index (χ2n) is 3.90. The molecule has 0 aromatic heterocycles. The summed E-state index contributed by atoms with van der Waals surface area (Å²) < 4.78 is 0. The zero-order chi connectivity index (χ0) is 11.0. The largest absolute Gasteiger partial charge is 0.353 e. The highest BCUT2D eigenvalue weighted by atomic mass is 16.1. The molecule has 3 nitrogen and oxygen atoms in total. The molecule has 1 amide bonds. The highest BCUT2D eigenvalue weighted by Gasteiger charge is 2.08. The lowest BCUT2D eigenvalue weighted by molar-refractivity contribution is -0.119. The molecule has 0 aromatic rings. The van der Waals surface area contributed by atoms with Crippen molar-refractivity contribution in [1.82, 2.24) is 10.2 Å². The number of carbonyl (C=O) groups is 1. The maximum Gasteiger partial charge on any atom is 0.217 e. The summed E-state index contributed by atoms with van der Waals surface area (Å²) in [5, 5.41) is 2.91. The molecule has 0 rings (SSSR count). The van der Waals surface area contributed by atoms with Crippen LogP contribution in [0.2, 0.25) is 0 Å². The molecule has 1 N–H and O–H groups in total. The lowest BCUT2D eigenvalue weighted by Gasteiger charge is -2.25. The van der Waals surface area contributed by atoms with Gasteiger partial charge in [-0.05, 0) is 32.9 Å². The lowest BCUT2D eigenvalue weighted by atomic mass is 10.2. The van der Waals surface area contributed by atoms with E-state index in [2.05, 4.69) is 31.0 Å². The van der Waals surface area contributed by atoms with Crippen molar-refractivity contribution in [2.24, 2.45) is 0 Å². The Hall–Kier alpha value is -0.570. The van der Waals surface area contributed by atoms with Crippen LogP contribution in [0.1, 0.15) is 40.5 Å². The Bertz CT molecular complexity index is 153. The Morgan fingerprint density at radius 3 is 2.14 bits per heavy atom. The van der Waals surface area contributed by atoms with Crippen molar-refractivity contribution >= 4 is 5.91 Å². The van der Waals surface area contributed by atoms with Gasteiger partial charge < -0.3 is 10.2 Å². The number of carbonyl (C=O) groups excluding carboxylic acids is 1. The molecule has 0 saturated heterocycles. The van der Waals surface area contributed by atoms with Crippen molar-refractivity contribution in [2.45, 2.75) is 46.6 Å². The third-order valence-corrected chi connectivity index (χ3v) is 2.06. The minimum atomic E-state index is 0.0606. The molecule has 1 unspecified atom stereocenters. The minimum Gasteiger partial charge on any atom is -0.353 e. The van der Waals surface area contributed by atoms with Crippen LogP contribution in [-0.4, -0.2) is 36.5 Å². The van der Waals surface area contributed by atoms with Crippen molar-refractivity contribution in [2.75, 3.05) is 19.6 Å². The van der Waals surface area contributed by atoms with E-state index in [9.17, 15) is 4.79 Å². The van der Waals surface area contributed by atoms with Crippen LogP contribution in [0, 0.1) is 0 Å². The number of nitrogens with one attached hydrogen (secondary N) is 1. The molecule has 0 saturated carbocycles. The lowest BCUT2D eigenvalue weighted by Crippen LogP contribution is -2.41. The molecule has 0 spiro atoms. The SMILES string of the molecule is CCCN(CCC)CC(C)NC(C)=O. The van der Waals surface area contributed by atoms with Gasteiger partial charge in [0.05, 0.1) is 0 Å². The number of rotatable bonds is 7. The molecule has 0 aliphatic rings. The molecule has 0 radical (unpaired) electrons. The van der Waals surface area contributed by atoms with E-state index in [0.717, 1.165) is 19.6 Å². The highest BCUT2D eigenvalue weighted by molar-refractivity contribution is 5.73. The quantitative estimate of drug-likeness (QED) is 0.677. The van der Waals surface area contributed by atoms with E-state index >= 15 is 0 Å². The number of amides is 1. The van der Waals surface area contributed by atoms with Gasteiger partial charge in [0, 0.05) is 19.5 Å². The smallest absolute Gasteiger partial charge is 0.217 e. The van der Waals surface area contributed by atoms with Crippen molar-refractivity contribution < 1.29 is 4.79 Å². The van der Waals surface area contributed by atoms with Crippen LogP contribution in [0.15, 0.2) is 0 Å². The average molecular weight is 200 g/mol. The first-order valence-electron chi connectivity index (χ1n) is 5.59. The van der Waals surface area contributed by atoms with E-state index in [-0.39, 0.29) is 11.9 Å². The zero-order valence-corrected chi connectivity index (χ0v) is 9.97. The van der Waals surface area contributed by atoms with Gasteiger partial charge in [-0.25, -0.2) is 0 Å². The summed E-state index contributed by atoms with van der Waals surface area (Å²) in [7, 11) is 0. The van der Waals surface area contributed by atoms with Gasteiger partial charge in [0.15, 0.2) is 0 Å². The number of nitrogens with zero attached hydrogens (tertiary/aromatic N) is 1. The summed E-state index contributed by atoms with van der Waals surface area (Å²) in [6.45, 7) is 11.2. The summed E-state index contributed by atoms with van der Waals surface area (Å²) in [4.78, 5) is 13.2. The second-order valence-corrected chi connectivity index (χ2v) is 3.90. The summed E-state index contributed by atoms with van der Waals surface area (Å²) in [5.41, 5.74) is 0. The third-order valence-electron chi connectivity index (χ3n) is 2.06. The van der Waals surface area contributed by atoms with Crippen molar-refractivity contribution in [3.05, 3.63) is 0 Å². The van der Waals surface area contributed by atoms with Gasteiger partial charge in [0.1, 0.15) is 0 Å². The fourth-order valence-corrected chi connectivity index (χ4v) is 1.71. The van der Waals surface area contributed by atoms with Gasteiger partial charge in [0.2, 0.25) is 5.91 Å². The van der Waals surface area contributed by atoms with E-state index in [0.29, 0.717) is 0 Å². The van der Waals surface area contributed by atoms with E-state index in [4.69, 9.17) is 0 Å². The van der Waals surface area contributed by atoms with Crippen LogP contribution in [0.4, 0.5) is 0 Å². The Kier molecular flexibility index (Phi) is 7.48. The summed E-state index contributed by atoms with van der Waals surface area (Å²) in [5.74, 6) is 0.0606. The standard InChI is InChI=1S/C11H24N2O/c1-5-7-13(8-6-2)9-10(3)12-11(4)14/h10H,5-9H2,1-4H3,(H,12,14). The molecule has 84 valence electrons. The molecule has 14 heavy (non-hydrogen) atoms. The second kappa shape index (κ2) is 7.80. The van der Waals surface area contributed by atoms with E-state index in [1.54, 1.807) is 6.92 Å². The molecule has 0 heterocycles. The minimum absolute atomic E-state index is 0.0606. The fourth-order valence-electron chi connectivity index (χ4n) is 1.71. The van der Waals surface area contributed by atoms with Crippen LogP contribution in [0.25, 0.3) is 0 Å². The average Bonchev–Trinajstić information content (AvgIpc) is 2.03. The van der Waals surface area contributed by atoms with E-state index in [1.165, 1.54) is 12.8 Å². The van der Waals surface area contributed by atoms with Gasteiger partial charge in [-0.1, -0.05) is 13.8 Å². The Morgan fingerprint density at radius 1 is 1.29 bits per heavy atom. The van der Waals surface area contributed by atoms with E-state index < -0.39 is 0 Å². The van der Waals surface area contributed by atoms with Crippen LogP contribution >= 0.6 is 0 Å². The summed E-state index contributed by atoms with van der Waals surface area (Å²) in [6.07, 6.45) is 2.35.